The molecular formula is C19H21F3N4O2S. The van der Waals surface area contributed by atoms with Crippen LogP contribution in [0, 0.1) is 13.8 Å². The second-order valence-electron chi connectivity index (χ2n) is 6.80. The van der Waals surface area contributed by atoms with Gasteiger partial charge in [-0.3, -0.25) is 9.20 Å². The van der Waals surface area contributed by atoms with Gasteiger partial charge in [0.2, 0.25) is 0 Å². The average molecular weight is 426 g/mol. The number of fused-ring (bicyclic) bond motifs is 1. The van der Waals surface area contributed by atoms with Crippen LogP contribution < -0.4 is 0 Å². The highest BCUT2D eigenvalue weighted by atomic mass is 32.2. The summed E-state index contributed by atoms with van der Waals surface area (Å²) in [6.45, 7) is 6.33. The minimum atomic E-state index is -4.47. The lowest BCUT2D eigenvalue weighted by Crippen LogP contribution is -2.14. The van der Waals surface area contributed by atoms with E-state index in [4.69, 9.17) is 4.74 Å². The Kier molecular flexibility index (Phi) is 6.04. The standard InChI is InChI=1S/C19H21F3N4O2S/c1-11-7-15(13(3)26(11)12(2)9-28-4)16(27)10-29-18-24-23-17-6-5-14(8-25(17)18)19(20,21)22/h5-8,12H,9-10H2,1-4H3. The van der Waals surface area contributed by atoms with Gasteiger partial charge in [-0.2, -0.15) is 13.2 Å². The molecule has 0 aliphatic heterocycles. The van der Waals surface area contributed by atoms with Crippen molar-refractivity contribution in [1.82, 2.24) is 19.2 Å². The van der Waals surface area contributed by atoms with Gasteiger partial charge < -0.3 is 9.30 Å². The topological polar surface area (TPSA) is 61.4 Å². The van der Waals surface area contributed by atoms with E-state index in [0.29, 0.717) is 17.8 Å². The summed E-state index contributed by atoms with van der Waals surface area (Å²) in [5, 5.41) is 8.02. The first-order chi connectivity index (χ1) is 13.6. The number of hydrogen-bond donors (Lipinski definition) is 0. The first-order valence-electron chi connectivity index (χ1n) is 8.88. The second-order valence-corrected chi connectivity index (χ2v) is 7.74. The molecule has 0 spiro atoms. The maximum absolute atomic E-state index is 13.0. The van der Waals surface area contributed by atoms with Crippen LogP contribution in [-0.4, -0.2) is 44.4 Å². The van der Waals surface area contributed by atoms with Crippen molar-refractivity contribution in [2.45, 2.75) is 38.1 Å². The lowest BCUT2D eigenvalue weighted by Gasteiger charge is -2.17. The van der Waals surface area contributed by atoms with Crippen molar-refractivity contribution >= 4 is 23.2 Å². The zero-order chi connectivity index (χ0) is 21.3. The van der Waals surface area contributed by atoms with E-state index in [1.165, 1.54) is 10.5 Å². The van der Waals surface area contributed by atoms with Crippen molar-refractivity contribution in [3.05, 3.63) is 46.9 Å². The molecule has 1 atom stereocenters. The van der Waals surface area contributed by atoms with Crippen LogP contribution in [0.2, 0.25) is 0 Å². The zero-order valence-electron chi connectivity index (χ0n) is 16.4. The second kappa shape index (κ2) is 8.19. The highest BCUT2D eigenvalue weighted by Gasteiger charge is 2.31. The van der Waals surface area contributed by atoms with Crippen molar-refractivity contribution in [1.29, 1.82) is 0 Å². The molecule has 29 heavy (non-hydrogen) atoms. The summed E-state index contributed by atoms with van der Waals surface area (Å²) >= 11 is 1.06. The van der Waals surface area contributed by atoms with Gasteiger partial charge in [-0.15, -0.1) is 10.2 Å². The number of aromatic nitrogens is 4. The molecule has 3 rings (SSSR count). The maximum atomic E-state index is 13.0. The van der Waals surface area contributed by atoms with E-state index in [1.807, 2.05) is 31.4 Å². The summed E-state index contributed by atoms with van der Waals surface area (Å²) < 4.78 is 47.4. The third-order valence-corrected chi connectivity index (χ3v) is 5.61. The number of pyridine rings is 1. The van der Waals surface area contributed by atoms with E-state index in [9.17, 15) is 18.0 Å². The Hall–Kier alpha value is -2.33. The average Bonchev–Trinajstić information content (AvgIpc) is 3.19. The smallest absolute Gasteiger partial charge is 0.383 e. The van der Waals surface area contributed by atoms with Crippen LogP contribution in [0.25, 0.3) is 5.65 Å². The molecule has 0 saturated carbocycles. The number of methoxy groups -OCH3 is 1. The number of Topliss-reactive ketones (excluding diaryl/α,β-unsaturated/α-hetero) is 1. The summed E-state index contributed by atoms with van der Waals surface area (Å²) in [5.74, 6) is -0.0808. The van der Waals surface area contributed by atoms with Gasteiger partial charge in [-0.25, -0.2) is 0 Å². The molecule has 0 bridgehead atoms. The van der Waals surface area contributed by atoms with E-state index in [2.05, 4.69) is 10.2 Å². The molecule has 0 aliphatic rings. The molecular weight excluding hydrogens is 405 g/mol. The fourth-order valence-electron chi connectivity index (χ4n) is 3.40. The minimum Gasteiger partial charge on any atom is -0.383 e. The van der Waals surface area contributed by atoms with Crippen molar-refractivity contribution in [3.63, 3.8) is 0 Å². The summed E-state index contributed by atoms with van der Waals surface area (Å²) in [5.41, 5.74) is 1.86. The van der Waals surface area contributed by atoms with Crippen LogP contribution in [0.1, 0.15) is 40.3 Å². The first kappa shape index (κ1) is 21.4. The van der Waals surface area contributed by atoms with Crippen LogP contribution in [0.15, 0.2) is 29.6 Å². The molecule has 0 radical (unpaired) electrons. The molecule has 0 aliphatic carbocycles. The number of alkyl halides is 3. The van der Waals surface area contributed by atoms with E-state index < -0.39 is 11.7 Å². The van der Waals surface area contributed by atoms with Crippen LogP contribution in [0.4, 0.5) is 13.2 Å². The molecule has 156 valence electrons. The Morgan fingerprint density at radius 2 is 2.00 bits per heavy atom. The number of hydrogen-bond acceptors (Lipinski definition) is 5. The number of ketones is 1. The van der Waals surface area contributed by atoms with Crippen molar-refractivity contribution in [2.24, 2.45) is 0 Å². The van der Waals surface area contributed by atoms with Gasteiger partial charge in [0, 0.05) is 30.3 Å². The van der Waals surface area contributed by atoms with Gasteiger partial charge in [-0.05, 0) is 39.0 Å². The predicted octanol–water partition coefficient (Wildman–Crippen LogP) is 4.35. The lowest BCUT2D eigenvalue weighted by atomic mass is 10.2. The largest absolute Gasteiger partial charge is 0.417 e. The molecule has 0 aromatic carbocycles. The fraction of sp³-hybridized carbons (Fsp3) is 0.421. The van der Waals surface area contributed by atoms with E-state index >= 15 is 0 Å². The number of aryl methyl sites for hydroxylation is 1. The van der Waals surface area contributed by atoms with Gasteiger partial charge >= 0.3 is 6.18 Å². The Labute approximate surface area is 170 Å². The van der Waals surface area contributed by atoms with Crippen LogP contribution >= 0.6 is 11.8 Å². The van der Waals surface area contributed by atoms with Crippen LogP contribution in [0.3, 0.4) is 0 Å². The predicted molar refractivity (Wildman–Crippen MR) is 104 cm³/mol. The van der Waals surface area contributed by atoms with E-state index in [0.717, 1.165) is 35.4 Å². The summed E-state index contributed by atoms with van der Waals surface area (Å²) in [6, 6.07) is 4.12. The number of halogens is 3. The van der Waals surface area contributed by atoms with E-state index in [1.54, 1.807) is 7.11 Å². The Bertz CT molecular complexity index is 1040. The molecule has 3 aromatic rings. The molecule has 10 heteroatoms. The number of nitrogens with zero attached hydrogens (tertiary/aromatic N) is 4. The molecule has 0 amide bonds. The molecule has 0 saturated heterocycles. The molecule has 3 heterocycles. The number of carbonyl (C=O) groups is 1. The zero-order valence-corrected chi connectivity index (χ0v) is 17.3. The maximum Gasteiger partial charge on any atom is 0.417 e. The van der Waals surface area contributed by atoms with Crippen LogP contribution in [0.5, 0.6) is 0 Å². The van der Waals surface area contributed by atoms with Gasteiger partial charge in [0.1, 0.15) is 0 Å². The number of ether oxygens (including phenoxy) is 1. The van der Waals surface area contributed by atoms with Gasteiger partial charge in [0.15, 0.2) is 16.6 Å². The SMILES string of the molecule is COCC(C)n1c(C)cc(C(=O)CSc2nnc3ccc(C(F)(F)F)cn23)c1C. The first-order valence-corrected chi connectivity index (χ1v) is 9.87. The molecule has 0 N–H and O–H groups in total. The van der Waals surface area contributed by atoms with Crippen LogP contribution in [-0.2, 0) is 10.9 Å². The van der Waals surface area contributed by atoms with Crippen molar-refractivity contribution in [2.75, 3.05) is 19.5 Å². The number of carbonyl (C=O) groups excluding carboxylic acids is 1. The molecule has 6 nitrogen and oxygen atoms in total. The Balaban J connectivity index is 1.80. The third-order valence-electron chi connectivity index (χ3n) is 4.66. The Morgan fingerprint density at radius 3 is 2.66 bits per heavy atom. The summed E-state index contributed by atoms with van der Waals surface area (Å²) in [6.07, 6.45) is -3.52. The fourth-order valence-corrected chi connectivity index (χ4v) is 4.20. The van der Waals surface area contributed by atoms with Gasteiger partial charge in [-0.1, -0.05) is 11.8 Å². The van der Waals surface area contributed by atoms with Crippen molar-refractivity contribution < 1.29 is 22.7 Å². The number of rotatable bonds is 7. The Morgan fingerprint density at radius 1 is 1.28 bits per heavy atom. The highest BCUT2D eigenvalue weighted by molar-refractivity contribution is 7.99. The van der Waals surface area contributed by atoms with Crippen molar-refractivity contribution in [3.8, 4) is 0 Å². The summed E-state index contributed by atoms with van der Waals surface area (Å²) in [7, 11) is 1.63. The van der Waals surface area contributed by atoms with Gasteiger partial charge in [0.25, 0.3) is 0 Å². The summed E-state index contributed by atoms with van der Waals surface area (Å²) in [4.78, 5) is 12.8. The minimum absolute atomic E-state index is 0.0417. The molecule has 0 fully saturated rings. The highest BCUT2D eigenvalue weighted by Crippen LogP contribution is 2.30. The van der Waals surface area contributed by atoms with E-state index in [-0.39, 0.29) is 22.7 Å². The quantitative estimate of drug-likeness (QED) is 0.415. The number of thioether (sulfide) groups is 1. The monoisotopic (exact) mass is 426 g/mol. The lowest BCUT2D eigenvalue weighted by molar-refractivity contribution is -0.137. The third kappa shape index (κ3) is 4.32. The normalized spacial score (nSPS) is 13.2. The van der Waals surface area contributed by atoms with Gasteiger partial charge in [0.05, 0.1) is 24.0 Å². The molecule has 3 aromatic heterocycles. The molecule has 1 unspecified atom stereocenters.